The number of carbonyl (C=O) groups excluding carboxylic acids is 3. The van der Waals surface area contributed by atoms with E-state index in [-0.39, 0.29) is 30.1 Å². The van der Waals surface area contributed by atoms with E-state index in [2.05, 4.69) is 0 Å². The molecule has 4 heterocycles. The molecule has 0 aliphatic carbocycles. The van der Waals surface area contributed by atoms with E-state index in [1.165, 1.54) is 22.7 Å². The average molecular weight is 523 g/mol. The zero-order valence-electron chi connectivity index (χ0n) is 19.6. The summed E-state index contributed by atoms with van der Waals surface area (Å²) in [6.07, 6.45) is 2.25. The summed E-state index contributed by atoms with van der Waals surface area (Å²) in [5.41, 5.74) is 6.89. The van der Waals surface area contributed by atoms with Gasteiger partial charge in [-0.1, -0.05) is 24.3 Å². The van der Waals surface area contributed by atoms with E-state index < -0.39 is 0 Å². The molecule has 1 unspecified atom stereocenters. The fraction of sp³-hybridized carbons (Fsp3) is 0.308. The fourth-order valence-corrected chi connectivity index (χ4v) is 5.92. The Balaban J connectivity index is 1.30. The first-order valence-corrected chi connectivity index (χ1v) is 13.6. The Bertz CT molecular complexity index is 1340. The molecule has 2 N–H and O–H groups in total. The molecular formula is C26H26N4O4S2. The number of likely N-dealkylation sites (tertiary alicyclic amines) is 1. The monoisotopic (exact) mass is 522 g/mol. The van der Waals surface area contributed by atoms with Crippen molar-refractivity contribution >= 4 is 56.5 Å². The van der Waals surface area contributed by atoms with Gasteiger partial charge in [0.05, 0.1) is 10.8 Å². The highest BCUT2D eigenvalue weighted by atomic mass is 32.1. The van der Waals surface area contributed by atoms with Crippen LogP contribution in [0, 0.1) is 5.92 Å². The third-order valence-corrected chi connectivity index (χ3v) is 8.05. The summed E-state index contributed by atoms with van der Waals surface area (Å²) in [7, 11) is 0. The van der Waals surface area contributed by atoms with Crippen LogP contribution in [0.25, 0.3) is 22.4 Å². The highest BCUT2D eigenvalue weighted by Gasteiger charge is 2.27. The van der Waals surface area contributed by atoms with Gasteiger partial charge in [-0.25, -0.2) is 4.98 Å². The first kappa shape index (κ1) is 24.2. The maximum atomic E-state index is 13.3. The predicted octanol–water partition coefficient (Wildman–Crippen LogP) is 4.77. The molecule has 1 saturated heterocycles. The molecule has 186 valence electrons. The first-order chi connectivity index (χ1) is 17.5. The lowest BCUT2D eigenvalue weighted by atomic mass is 9.97. The highest BCUT2D eigenvalue weighted by Crippen LogP contribution is 2.32. The van der Waals surface area contributed by atoms with Crippen LogP contribution in [0.15, 0.2) is 57.6 Å². The number of aromatic nitrogens is 1. The number of primary amides is 1. The number of hydrogen-bond donors (Lipinski definition) is 1. The minimum atomic E-state index is -0.357. The van der Waals surface area contributed by atoms with Crippen molar-refractivity contribution in [3.05, 3.63) is 58.1 Å². The Morgan fingerprint density at radius 2 is 2.03 bits per heavy atom. The Hall–Kier alpha value is -3.50. The highest BCUT2D eigenvalue weighted by molar-refractivity contribution is 7.14. The molecule has 1 fully saturated rings. The van der Waals surface area contributed by atoms with Gasteiger partial charge in [-0.05, 0) is 42.8 Å². The van der Waals surface area contributed by atoms with Crippen molar-refractivity contribution in [2.45, 2.75) is 25.7 Å². The number of nitrogens with zero attached hydrogens (tertiary/aromatic N) is 3. The van der Waals surface area contributed by atoms with E-state index in [0.717, 1.165) is 23.8 Å². The summed E-state index contributed by atoms with van der Waals surface area (Å²) in [5.74, 6) is -0.163. The van der Waals surface area contributed by atoms with Gasteiger partial charge in [0.2, 0.25) is 11.8 Å². The van der Waals surface area contributed by atoms with Gasteiger partial charge in [0.25, 0.3) is 5.91 Å². The van der Waals surface area contributed by atoms with Crippen LogP contribution in [0.4, 0.5) is 5.13 Å². The van der Waals surface area contributed by atoms with Crippen LogP contribution in [0.3, 0.4) is 0 Å². The molecule has 3 aromatic heterocycles. The van der Waals surface area contributed by atoms with Gasteiger partial charge in [-0.2, -0.15) is 0 Å². The summed E-state index contributed by atoms with van der Waals surface area (Å²) < 4.78 is 5.94. The molecule has 1 atom stereocenters. The largest absolute Gasteiger partial charge is 0.454 e. The van der Waals surface area contributed by atoms with Crippen molar-refractivity contribution in [1.82, 2.24) is 9.88 Å². The second-order valence-corrected chi connectivity index (χ2v) is 10.6. The van der Waals surface area contributed by atoms with E-state index in [1.807, 2.05) is 47.2 Å². The van der Waals surface area contributed by atoms with Gasteiger partial charge in [0, 0.05) is 36.8 Å². The molecule has 10 heteroatoms. The lowest BCUT2D eigenvalue weighted by Crippen LogP contribution is -2.44. The Morgan fingerprint density at radius 3 is 2.81 bits per heavy atom. The molecule has 5 rings (SSSR count). The molecule has 0 saturated carbocycles. The maximum Gasteiger partial charge on any atom is 0.270 e. The lowest BCUT2D eigenvalue weighted by Gasteiger charge is -2.31. The number of carbonyl (C=O) groups is 3. The van der Waals surface area contributed by atoms with Gasteiger partial charge in [-0.15, -0.1) is 22.7 Å². The molecule has 1 aromatic carbocycles. The Labute approximate surface area is 216 Å². The quantitative estimate of drug-likeness (QED) is 0.359. The number of rotatable bonds is 8. The van der Waals surface area contributed by atoms with Crippen LogP contribution in [0.1, 0.15) is 35.4 Å². The summed E-state index contributed by atoms with van der Waals surface area (Å²) in [6.45, 7) is 1.36. The summed E-state index contributed by atoms with van der Waals surface area (Å²) in [5, 5.41) is 5.29. The zero-order valence-corrected chi connectivity index (χ0v) is 21.2. The van der Waals surface area contributed by atoms with Gasteiger partial charge in [0.1, 0.15) is 11.3 Å². The number of nitrogens with two attached hydrogens (primary N) is 1. The molecule has 36 heavy (non-hydrogen) atoms. The second kappa shape index (κ2) is 10.6. The van der Waals surface area contributed by atoms with Crippen molar-refractivity contribution in [3.63, 3.8) is 0 Å². The molecule has 1 aliphatic rings. The van der Waals surface area contributed by atoms with Crippen LogP contribution < -0.4 is 10.6 Å². The number of para-hydroxylation sites is 1. The summed E-state index contributed by atoms with van der Waals surface area (Å²) in [4.78, 5) is 46.4. The molecule has 0 bridgehead atoms. The van der Waals surface area contributed by atoms with Crippen LogP contribution in [0.5, 0.6) is 0 Å². The number of hydrogen-bond acceptors (Lipinski definition) is 7. The first-order valence-electron chi connectivity index (χ1n) is 11.9. The standard InChI is InChI=1S/C26H26N4O4S2/c27-24(32)18-7-3-11-29(15-18)23(31)10-4-12-30(25(33)22-9-5-13-35-22)26-28-19(16-36-26)21-14-17-6-1-2-8-20(17)34-21/h1-2,5-6,8-9,13-14,16,18H,3-4,7,10-12,15H2,(H2,27,32). The van der Waals surface area contributed by atoms with E-state index in [4.69, 9.17) is 15.1 Å². The van der Waals surface area contributed by atoms with Crippen LogP contribution in [-0.4, -0.2) is 47.2 Å². The van der Waals surface area contributed by atoms with Crippen LogP contribution in [-0.2, 0) is 9.59 Å². The number of furan rings is 1. The molecule has 8 nitrogen and oxygen atoms in total. The number of fused-ring (bicyclic) bond motifs is 1. The third kappa shape index (κ3) is 5.19. The normalized spacial score (nSPS) is 15.8. The van der Waals surface area contributed by atoms with Crippen molar-refractivity contribution in [2.24, 2.45) is 11.7 Å². The van der Waals surface area contributed by atoms with Gasteiger partial charge < -0.3 is 15.1 Å². The van der Waals surface area contributed by atoms with E-state index in [0.29, 0.717) is 47.5 Å². The number of amides is 3. The maximum absolute atomic E-state index is 13.3. The smallest absolute Gasteiger partial charge is 0.270 e. The van der Waals surface area contributed by atoms with Gasteiger partial charge in [0.15, 0.2) is 10.9 Å². The Kier molecular flexibility index (Phi) is 7.15. The van der Waals surface area contributed by atoms with Gasteiger partial charge >= 0.3 is 0 Å². The van der Waals surface area contributed by atoms with Crippen LogP contribution in [0.2, 0.25) is 0 Å². The number of piperidine rings is 1. The number of anilines is 1. The van der Waals surface area contributed by atoms with Crippen molar-refractivity contribution < 1.29 is 18.8 Å². The Morgan fingerprint density at radius 1 is 1.17 bits per heavy atom. The second-order valence-electron chi connectivity index (χ2n) is 8.78. The predicted molar refractivity (Wildman–Crippen MR) is 141 cm³/mol. The summed E-state index contributed by atoms with van der Waals surface area (Å²) >= 11 is 2.74. The van der Waals surface area contributed by atoms with Crippen molar-refractivity contribution in [1.29, 1.82) is 0 Å². The molecule has 1 aliphatic heterocycles. The van der Waals surface area contributed by atoms with Crippen LogP contribution >= 0.6 is 22.7 Å². The molecular weight excluding hydrogens is 496 g/mol. The number of thiophene rings is 1. The number of thiazole rings is 1. The SMILES string of the molecule is NC(=O)C1CCCN(C(=O)CCCN(C(=O)c2cccs2)c2nc(-c3cc4ccccc4o3)cs2)C1. The lowest BCUT2D eigenvalue weighted by molar-refractivity contribution is -0.135. The topological polar surface area (TPSA) is 110 Å². The number of benzene rings is 1. The van der Waals surface area contributed by atoms with Gasteiger partial charge in [-0.3, -0.25) is 19.3 Å². The zero-order chi connectivity index (χ0) is 25.1. The van der Waals surface area contributed by atoms with E-state index >= 15 is 0 Å². The van der Waals surface area contributed by atoms with Crippen molar-refractivity contribution in [3.8, 4) is 11.5 Å². The molecule has 3 amide bonds. The average Bonchev–Trinajstić information content (AvgIpc) is 3.66. The molecule has 0 spiro atoms. The fourth-order valence-electron chi connectivity index (χ4n) is 4.41. The van der Waals surface area contributed by atoms with Crippen molar-refractivity contribution in [2.75, 3.05) is 24.5 Å². The van der Waals surface area contributed by atoms with E-state index in [9.17, 15) is 14.4 Å². The molecule has 4 aromatic rings. The third-order valence-electron chi connectivity index (χ3n) is 6.33. The van der Waals surface area contributed by atoms with E-state index in [1.54, 1.807) is 15.9 Å². The summed E-state index contributed by atoms with van der Waals surface area (Å²) in [6, 6.07) is 13.3. The molecule has 0 radical (unpaired) electrons. The minimum absolute atomic E-state index is 0.0217. The minimum Gasteiger partial charge on any atom is -0.454 e.